The third-order valence-corrected chi connectivity index (χ3v) is 5.10. The van der Waals surface area contributed by atoms with Gasteiger partial charge in [0.15, 0.2) is 0 Å². The van der Waals surface area contributed by atoms with Gasteiger partial charge in [0.1, 0.15) is 5.69 Å². The highest BCUT2D eigenvalue weighted by Crippen LogP contribution is 2.20. The van der Waals surface area contributed by atoms with Crippen LogP contribution in [0, 0.1) is 0 Å². The van der Waals surface area contributed by atoms with E-state index in [0.717, 1.165) is 43.2 Å². The van der Waals surface area contributed by atoms with Gasteiger partial charge in [-0.1, -0.05) is 43.2 Å². The summed E-state index contributed by atoms with van der Waals surface area (Å²) in [7, 11) is 0. The van der Waals surface area contributed by atoms with Crippen molar-refractivity contribution in [2.75, 3.05) is 0 Å². The lowest BCUT2D eigenvalue weighted by atomic mass is 9.92. The number of nitrogens with one attached hydrogen (secondary N) is 1. The Hall–Kier alpha value is -2.66. The third kappa shape index (κ3) is 3.48. The van der Waals surface area contributed by atoms with E-state index in [1.54, 1.807) is 4.52 Å². The van der Waals surface area contributed by atoms with Crippen molar-refractivity contribution in [2.45, 2.75) is 44.2 Å². The van der Waals surface area contributed by atoms with E-state index >= 15 is 0 Å². The number of benzene rings is 1. The monoisotopic (exact) mass is 349 g/mol. The number of aliphatic hydroxyl groups is 1. The summed E-state index contributed by atoms with van der Waals surface area (Å²) in [4.78, 5) is 12.7. The van der Waals surface area contributed by atoms with Crippen LogP contribution in [0.1, 0.15) is 47.3 Å². The first kappa shape index (κ1) is 16.8. The van der Waals surface area contributed by atoms with E-state index in [-0.39, 0.29) is 11.9 Å². The summed E-state index contributed by atoms with van der Waals surface area (Å²) in [6.45, 7) is 0. The van der Waals surface area contributed by atoms with Gasteiger partial charge in [-0.05, 0) is 48.6 Å². The average molecular weight is 349 g/mol. The van der Waals surface area contributed by atoms with Crippen LogP contribution in [0.25, 0.3) is 5.52 Å². The Morgan fingerprint density at radius 3 is 2.77 bits per heavy atom. The van der Waals surface area contributed by atoms with E-state index in [4.69, 9.17) is 0 Å². The summed E-state index contributed by atoms with van der Waals surface area (Å²) in [5.74, 6) is -0.221. The maximum Gasteiger partial charge on any atom is 0.272 e. The Morgan fingerprint density at radius 2 is 1.96 bits per heavy atom. The SMILES string of the molecule is O=C(N[C@H]1CCCC[C@@H]1O)c1cc(Cc2ccccc2)c2cccn2n1. The molecule has 1 aliphatic carbocycles. The van der Waals surface area contributed by atoms with E-state index in [0.29, 0.717) is 5.69 Å². The number of rotatable bonds is 4. The zero-order chi connectivity index (χ0) is 17.9. The van der Waals surface area contributed by atoms with Gasteiger partial charge in [0.2, 0.25) is 0 Å². The van der Waals surface area contributed by atoms with Gasteiger partial charge < -0.3 is 10.4 Å². The summed E-state index contributed by atoms with van der Waals surface area (Å²) >= 11 is 0. The minimum atomic E-state index is -0.466. The number of hydrogen-bond acceptors (Lipinski definition) is 3. The van der Waals surface area contributed by atoms with Crippen molar-refractivity contribution in [1.82, 2.24) is 14.9 Å². The van der Waals surface area contributed by atoms with Crippen molar-refractivity contribution < 1.29 is 9.90 Å². The quantitative estimate of drug-likeness (QED) is 0.761. The lowest BCUT2D eigenvalue weighted by Crippen LogP contribution is -2.45. The molecule has 2 aromatic heterocycles. The van der Waals surface area contributed by atoms with E-state index in [2.05, 4.69) is 22.5 Å². The molecule has 5 nitrogen and oxygen atoms in total. The highest BCUT2D eigenvalue weighted by Gasteiger charge is 2.25. The number of hydrogen-bond donors (Lipinski definition) is 2. The molecule has 134 valence electrons. The van der Waals surface area contributed by atoms with Crippen LogP contribution < -0.4 is 5.32 Å². The zero-order valence-electron chi connectivity index (χ0n) is 14.6. The van der Waals surface area contributed by atoms with Crippen LogP contribution in [0.15, 0.2) is 54.7 Å². The molecule has 4 rings (SSSR count). The number of fused-ring (bicyclic) bond motifs is 1. The number of nitrogens with zero attached hydrogens (tertiary/aromatic N) is 2. The summed E-state index contributed by atoms with van der Waals surface area (Å²) in [6.07, 6.45) is 5.74. The lowest BCUT2D eigenvalue weighted by molar-refractivity contribution is 0.0713. The predicted molar refractivity (Wildman–Crippen MR) is 100 cm³/mol. The smallest absolute Gasteiger partial charge is 0.272 e. The molecule has 1 aromatic carbocycles. The average Bonchev–Trinajstić information content (AvgIpc) is 3.13. The molecule has 0 radical (unpaired) electrons. The molecule has 2 N–H and O–H groups in total. The van der Waals surface area contributed by atoms with Crippen LogP contribution >= 0.6 is 0 Å². The maximum absolute atomic E-state index is 12.7. The van der Waals surface area contributed by atoms with Crippen LogP contribution in [-0.2, 0) is 6.42 Å². The number of carbonyl (C=O) groups excluding carboxylic acids is 1. The summed E-state index contributed by atoms with van der Waals surface area (Å²) in [6, 6.07) is 15.8. The highest BCUT2D eigenvalue weighted by atomic mass is 16.3. The number of aromatic nitrogens is 2. The van der Waals surface area contributed by atoms with Gasteiger partial charge in [-0.25, -0.2) is 4.52 Å². The molecule has 0 spiro atoms. The van der Waals surface area contributed by atoms with Crippen molar-refractivity contribution >= 4 is 11.4 Å². The van der Waals surface area contributed by atoms with Gasteiger partial charge in [-0.2, -0.15) is 5.10 Å². The first-order chi connectivity index (χ1) is 12.7. The fraction of sp³-hybridized carbons (Fsp3) is 0.333. The summed E-state index contributed by atoms with van der Waals surface area (Å²) < 4.78 is 1.75. The molecule has 2 heterocycles. The summed E-state index contributed by atoms with van der Waals surface area (Å²) in [5, 5.41) is 17.5. The fourth-order valence-electron chi connectivity index (χ4n) is 3.69. The second-order valence-corrected chi connectivity index (χ2v) is 6.99. The third-order valence-electron chi connectivity index (χ3n) is 5.10. The van der Waals surface area contributed by atoms with E-state index in [1.807, 2.05) is 42.6 Å². The molecule has 1 fully saturated rings. The van der Waals surface area contributed by atoms with E-state index in [1.165, 1.54) is 5.56 Å². The number of amides is 1. The molecule has 0 saturated heterocycles. The first-order valence-corrected chi connectivity index (χ1v) is 9.21. The van der Waals surface area contributed by atoms with Crippen LogP contribution in [0.2, 0.25) is 0 Å². The fourth-order valence-corrected chi connectivity index (χ4v) is 3.69. The van der Waals surface area contributed by atoms with Crippen LogP contribution in [0.4, 0.5) is 0 Å². The van der Waals surface area contributed by atoms with Gasteiger partial charge in [0.05, 0.1) is 17.7 Å². The van der Waals surface area contributed by atoms with Crippen LogP contribution in [0.5, 0.6) is 0 Å². The molecule has 5 heteroatoms. The van der Waals surface area contributed by atoms with Crippen molar-refractivity contribution in [3.63, 3.8) is 0 Å². The van der Waals surface area contributed by atoms with E-state index in [9.17, 15) is 9.90 Å². The molecular weight excluding hydrogens is 326 g/mol. The second kappa shape index (κ2) is 7.30. The van der Waals surface area contributed by atoms with Gasteiger partial charge in [0, 0.05) is 6.20 Å². The molecule has 2 atom stereocenters. The molecule has 1 amide bonds. The molecule has 1 saturated carbocycles. The van der Waals surface area contributed by atoms with Crippen molar-refractivity contribution in [2.24, 2.45) is 0 Å². The second-order valence-electron chi connectivity index (χ2n) is 6.99. The van der Waals surface area contributed by atoms with Gasteiger partial charge >= 0.3 is 0 Å². The maximum atomic E-state index is 12.7. The predicted octanol–water partition coefficient (Wildman–Crippen LogP) is 2.96. The first-order valence-electron chi connectivity index (χ1n) is 9.21. The zero-order valence-corrected chi connectivity index (χ0v) is 14.6. The topological polar surface area (TPSA) is 66.6 Å². The van der Waals surface area contributed by atoms with Crippen molar-refractivity contribution in [3.05, 3.63) is 71.5 Å². The molecule has 0 aliphatic heterocycles. The normalized spacial score (nSPS) is 20.2. The molecule has 26 heavy (non-hydrogen) atoms. The highest BCUT2D eigenvalue weighted by molar-refractivity contribution is 5.93. The molecule has 0 unspecified atom stereocenters. The van der Waals surface area contributed by atoms with Gasteiger partial charge in [-0.15, -0.1) is 0 Å². The Kier molecular flexibility index (Phi) is 4.71. The van der Waals surface area contributed by atoms with Gasteiger partial charge in [0.25, 0.3) is 5.91 Å². The van der Waals surface area contributed by atoms with Crippen molar-refractivity contribution in [3.8, 4) is 0 Å². The number of carbonyl (C=O) groups is 1. The molecule has 1 aliphatic rings. The minimum absolute atomic E-state index is 0.184. The minimum Gasteiger partial charge on any atom is -0.391 e. The van der Waals surface area contributed by atoms with Crippen LogP contribution in [-0.4, -0.2) is 32.8 Å². The van der Waals surface area contributed by atoms with Crippen LogP contribution in [0.3, 0.4) is 0 Å². The van der Waals surface area contributed by atoms with Gasteiger partial charge in [-0.3, -0.25) is 4.79 Å². The molecule has 0 bridgehead atoms. The Balaban J connectivity index is 1.62. The Bertz CT molecular complexity index is 904. The Morgan fingerprint density at radius 1 is 1.15 bits per heavy atom. The van der Waals surface area contributed by atoms with Crippen molar-refractivity contribution in [1.29, 1.82) is 0 Å². The molecule has 3 aromatic rings. The Labute approximate surface area is 152 Å². The number of aliphatic hydroxyl groups excluding tert-OH is 1. The van der Waals surface area contributed by atoms with E-state index < -0.39 is 6.10 Å². The standard InChI is InChI=1S/C21H23N3O2/c25-20-11-5-4-9-17(20)22-21(26)18-14-16(13-15-7-2-1-3-8-15)19-10-6-12-24(19)23-18/h1-3,6-8,10,12,14,17,20,25H,4-5,9,11,13H2,(H,22,26)/t17-,20-/m0/s1. The largest absolute Gasteiger partial charge is 0.391 e. The summed E-state index contributed by atoms with van der Waals surface area (Å²) in [5.41, 5.74) is 3.64. The lowest BCUT2D eigenvalue weighted by Gasteiger charge is -2.28. The molecular formula is C21H23N3O2.